The number of H-pyrrole nitrogens is 1. The summed E-state index contributed by atoms with van der Waals surface area (Å²) in [5.74, 6) is 1.69. The van der Waals surface area contributed by atoms with Gasteiger partial charge in [-0.25, -0.2) is 4.98 Å². The standard InChI is InChI=1S/C12H15N3O/c1-16-11-4-2-9(3-5-11)6-10-8-14-12(7-13)15-10/h2-5,8H,6-7,13H2,1H3,(H,14,15). The quantitative estimate of drug-likeness (QED) is 0.815. The van der Waals surface area contributed by atoms with E-state index in [1.807, 2.05) is 30.5 Å². The number of nitrogens with zero attached hydrogens (tertiary/aromatic N) is 1. The van der Waals surface area contributed by atoms with Crippen molar-refractivity contribution < 1.29 is 4.74 Å². The maximum atomic E-state index is 5.48. The van der Waals surface area contributed by atoms with Crippen LogP contribution >= 0.6 is 0 Å². The number of imidazole rings is 1. The zero-order chi connectivity index (χ0) is 11.4. The fourth-order valence-electron chi connectivity index (χ4n) is 1.56. The Kier molecular flexibility index (Phi) is 3.22. The summed E-state index contributed by atoms with van der Waals surface area (Å²) in [5.41, 5.74) is 7.77. The van der Waals surface area contributed by atoms with Crippen LogP contribution in [-0.2, 0) is 13.0 Å². The molecule has 0 aliphatic heterocycles. The summed E-state index contributed by atoms with van der Waals surface area (Å²) in [6.45, 7) is 0.447. The molecule has 0 fully saturated rings. The van der Waals surface area contributed by atoms with E-state index in [9.17, 15) is 0 Å². The van der Waals surface area contributed by atoms with Gasteiger partial charge in [0, 0.05) is 18.3 Å². The second kappa shape index (κ2) is 4.81. The van der Waals surface area contributed by atoms with Gasteiger partial charge in [-0.2, -0.15) is 0 Å². The highest BCUT2D eigenvalue weighted by atomic mass is 16.5. The van der Waals surface area contributed by atoms with Gasteiger partial charge in [-0.3, -0.25) is 0 Å². The Labute approximate surface area is 94.5 Å². The maximum Gasteiger partial charge on any atom is 0.120 e. The molecule has 0 aliphatic rings. The van der Waals surface area contributed by atoms with Gasteiger partial charge in [0.05, 0.1) is 13.7 Å². The number of aromatic nitrogens is 2. The molecule has 0 saturated heterocycles. The first-order valence-corrected chi connectivity index (χ1v) is 5.17. The molecule has 1 heterocycles. The number of nitrogens with two attached hydrogens (primary N) is 1. The van der Waals surface area contributed by atoms with Gasteiger partial charge in [-0.15, -0.1) is 0 Å². The predicted octanol–water partition coefficient (Wildman–Crippen LogP) is 1.47. The van der Waals surface area contributed by atoms with Crippen LogP contribution in [0, 0.1) is 0 Å². The van der Waals surface area contributed by atoms with Gasteiger partial charge in [-0.05, 0) is 17.7 Å². The Morgan fingerprint density at radius 2 is 2.06 bits per heavy atom. The molecule has 1 aromatic heterocycles. The van der Waals surface area contributed by atoms with Crippen molar-refractivity contribution in [3.8, 4) is 5.75 Å². The summed E-state index contributed by atoms with van der Waals surface area (Å²) in [7, 11) is 1.66. The molecule has 4 heteroatoms. The lowest BCUT2D eigenvalue weighted by Crippen LogP contribution is -1.98. The summed E-state index contributed by atoms with van der Waals surface area (Å²) < 4.78 is 5.10. The van der Waals surface area contributed by atoms with E-state index < -0.39 is 0 Å². The van der Waals surface area contributed by atoms with Gasteiger partial charge in [0.15, 0.2) is 0 Å². The Bertz CT molecular complexity index is 448. The van der Waals surface area contributed by atoms with E-state index in [1.54, 1.807) is 7.11 Å². The van der Waals surface area contributed by atoms with Crippen LogP contribution in [0.4, 0.5) is 0 Å². The van der Waals surface area contributed by atoms with Crippen molar-refractivity contribution in [2.45, 2.75) is 13.0 Å². The van der Waals surface area contributed by atoms with E-state index in [0.717, 1.165) is 23.7 Å². The lowest BCUT2D eigenvalue weighted by Gasteiger charge is -2.01. The number of ether oxygens (including phenoxy) is 1. The molecule has 2 rings (SSSR count). The normalized spacial score (nSPS) is 10.4. The number of hydrogen-bond donors (Lipinski definition) is 2. The number of benzene rings is 1. The lowest BCUT2D eigenvalue weighted by molar-refractivity contribution is 0.414. The van der Waals surface area contributed by atoms with E-state index in [2.05, 4.69) is 9.97 Å². The summed E-state index contributed by atoms with van der Waals surface area (Å²) >= 11 is 0. The van der Waals surface area contributed by atoms with Crippen molar-refractivity contribution in [2.24, 2.45) is 5.73 Å². The molecule has 0 atom stereocenters. The SMILES string of the molecule is COc1ccc(Cc2cnc(CN)[nH]2)cc1. The largest absolute Gasteiger partial charge is 0.497 e. The summed E-state index contributed by atoms with van der Waals surface area (Å²) in [6, 6.07) is 7.99. The van der Waals surface area contributed by atoms with Gasteiger partial charge in [-0.1, -0.05) is 12.1 Å². The smallest absolute Gasteiger partial charge is 0.120 e. The molecular weight excluding hydrogens is 202 g/mol. The van der Waals surface area contributed by atoms with Crippen molar-refractivity contribution in [2.75, 3.05) is 7.11 Å². The Hall–Kier alpha value is -1.81. The third kappa shape index (κ3) is 2.41. The van der Waals surface area contributed by atoms with Gasteiger partial charge in [0.25, 0.3) is 0 Å². The van der Waals surface area contributed by atoms with Crippen molar-refractivity contribution in [3.05, 3.63) is 47.5 Å². The molecule has 2 aromatic rings. The zero-order valence-corrected chi connectivity index (χ0v) is 9.23. The molecule has 0 radical (unpaired) electrons. The van der Waals surface area contributed by atoms with Crippen LogP contribution in [0.15, 0.2) is 30.5 Å². The monoisotopic (exact) mass is 217 g/mol. The van der Waals surface area contributed by atoms with E-state index >= 15 is 0 Å². The van der Waals surface area contributed by atoms with E-state index in [4.69, 9.17) is 10.5 Å². The molecule has 1 aromatic carbocycles. The van der Waals surface area contributed by atoms with Gasteiger partial charge in [0.1, 0.15) is 11.6 Å². The fraction of sp³-hybridized carbons (Fsp3) is 0.250. The first-order chi connectivity index (χ1) is 7.81. The van der Waals surface area contributed by atoms with Crippen LogP contribution in [-0.4, -0.2) is 17.1 Å². The molecular formula is C12H15N3O. The van der Waals surface area contributed by atoms with Crippen LogP contribution in [0.3, 0.4) is 0 Å². The molecule has 0 amide bonds. The molecule has 0 aliphatic carbocycles. The number of aromatic amines is 1. The highest BCUT2D eigenvalue weighted by Crippen LogP contribution is 2.13. The van der Waals surface area contributed by atoms with Crippen LogP contribution in [0.5, 0.6) is 5.75 Å². The summed E-state index contributed by atoms with van der Waals surface area (Å²) in [5, 5.41) is 0. The topological polar surface area (TPSA) is 63.9 Å². The third-order valence-corrected chi connectivity index (χ3v) is 2.43. The molecule has 0 spiro atoms. The molecule has 4 nitrogen and oxygen atoms in total. The maximum absolute atomic E-state index is 5.48. The Balaban J connectivity index is 2.08. The lowest BCUT2D eigenvalue weighted by atomic mass is 10.1. The second-order valence-electron chi connectivity index (χ2n) is 3.58. The minimum Gasteiger partial charge on any atom is -0.497 e. The minimum absolute atomic E-state index is 0.447. The van der Waals surface area contributed by atoms with E-state index in [1.165, 1.54) is 5.56 Å². The molecule has 0 bridgehead atoms. The first kappa shape index (κ1) is 10.7. The number of hydrogen-bond acceptors (Lipinski definition) is 3. The Morgan fingerprint density at radius 3 is 2.62 bits per heavy atom. The molecule has 3 N–H and O–H groups in total. The fourth-order valence-corrected chi connectivity index (χ4v) is 1.56. The Morgan fingerprint density at radius 1 is 1.31 bits per heavy atom. The molecule has 0 unspecified atom stereocenters. The van der Waals surface area contributed by atoms with Crippen molar-refractivity contribution in [3.63, 3.8) is 0 Å². The van der Waals surface area contributed by atoms with E-state index in [-0.39, 0.29) is 0 Å². The summed E-state index contributed by atoms with van der Waals surface area (Å²) in [4.78, 5) is 7.33. The van der Waals surface area contributed by atoms with Crippen molar-refractivity contribution >= 4 is 0 Å². The predicted molar refractivity (Wildman–Crippen MR) is 62.3 cm³/mol. The van der Waals surface area contributed by atoms with Gasteiger partial charge in [0.2, 0.25) is 0 Å². The first-order valence-electron chi connectivity index (χ1n) is 5.17. The highest BCUT2D eigenvalue weighted by Gasteiger charge is 2.00. The third-order valence-electron chi connectivity index (χ3n) is 2.43. The van der Waals surface area contributed by atoms with Crippen LogP contribution in [0.2, 0.25) is 0 Å². The second-order valence-corrected chi connectivity index (χ2v) is 3.58. The van der Waals surface area contributed by atoms with Gasteiger partial charge < -0.3 is 15.5 Å². The van der Waals surface area contributed by atoms with Crippen molar-refractivity contribution in [1.82, 2.24) is 9.97 Å². The average Bonchev–Trinajstić information content (AvgIpc) is 2.78. The van der Waals surface area contributed by atoms with Gasteiger partial charge >= 0.3 is 0 Å². The number of nitrogens with one attached hydrogen (secondary N) is 1. The number of methoxy groups -OCH3 is 1. The molecule has 84 valence electrons. The summed E-state index contributed by atoms with van der Waals surface area (Å²) in [6.07, 6.45) is 2.66. The zero-order valence-electron chi connectivity index (χ0n) is 9.23. The number of rotatable bonds is 4. The minimum atomic E-state index is 0.447. The van der Waals surface area contributed by atoms with Crippen LogP contribution < -0.4 is 10.5 Å². The highest BCUT2D eigenvalue weighted by molar-refractivity contribution is 5.29. The van der Waals surface area contributed by atoms with E-state index in [0.29, 0.717) is 6.54 Å². The van der Waals surface area contributed by atoms with Crippen LogP contribution in [0.1, 0.15) is 17.1 Å². The van der Waals surface area contributed by atoms with Crippen LogP contribution in [0.25, 0.3) is 0 Å². The molecule has 0 saturated carbocycles. The molecule has 16 heavy (non-hydrogen) atoms. The average molecular weight is 217 g/mol. The van der Waals surface area contributed by atoms with Crippen molar-refractivity contribution in [1.29, 1.82) is 0 Å².